The third-order valence-electron chi connectivity index (χ3n) is 2.48. The molecule has 18 heavy (non-hydrogen) atoms. The van der Waals surface area contributed by atoms with Crippen molar-refractivity contribution in [3.05, 3.63) is 35.6 Å². The molecule has 1 rings (SSSR count). The van der Waals surface area contributed by atoms with Gasteiger partial charge in [-0.1, -0.05) is 18.1 Å². The predicted octanol–water partition coefficient (Wildman–Crippen LogP) is 2.76. The van der Waals surface area contributed by atoms with Crippen LogP contribution in [0.2, 0.25) is 0 Å². The molecule has 0 radical (unpaired) electrons. The van der Waals surface area contributed by atoms with Gasteiger partial charge in [-0.25, -0.2) is 4.39 Å². The highest BCUT2D eigenvalue weighted by molar-refractivity contribution is 8.00. The average Bonchev–Trinajstić information content (AvgIpc) is 2.36. The Morgan fingerprint density at radius 1 is 1.44 bits per heavy atom. The van der Waals surface area contributed by atoms with Crippen molar-refractivity contribution >= 4 is 17.7 Å². The summed E-state index contributed by atoms with van der Waals surface area (Å²) >= 11 is 1.51. The summed E-state index contributed by atoms with van der Waals surface area (Å²) in [7, 11) is 0. The number of rotatable bonds is 5. The van der Waals surface area contributed by atoms with Crippen LogP contribution in [-0.2, 0) is 4.79 Å². The number of terminal acetylenes is 1. The fourth-order valence-electron chi connectivity index (χ4n) is 1.46. The van der Waals surface area contributed by atoms with Crippen molar-refractivity contribution in [2.24, 2.45) is 0 Å². The molecule has 0 aliphatic heterocycles. The van der Waals surface area contributed by atoms with Gasteiger partial charge in [0.05, 0.1) is 11.8 Å². The van der Waals surface area contributed by atoms with E-state index < -0.39 is 0 Å². The van der Waals surface area contributed by atoms with Crippen LogP contribution in [0.3, 0.4) is 0 Å². The number of halogens is 1. The molecule has 96 valence electrons. The van der Waals surface area contributed by atoms with Crippen molar-refractivity contribution in [2.75, 3.05) is 6.54 Å². The van der Waals surface area contributed by atoms with E-state index in [9.17, 15) is 9.18 Å². The molecule has 0 aromatic heterocycles. The zero-order valence-corrected chi connectivity index (χ0v) is 11.3. The molecule has 0 saturated carbocycles. The summed E-state index contributed by atoms with van der Waals surface area (Å²) in [6.07, 6.45) is 5.08. The van der Waals surface area contributed by atoms with E-state index in [1.807, 2.05) is 13.8 Å². The Kier molecular flexibility index (Phi) is 5.73. The lowest BCUT2D eigenvalue weighted by Gasteiger charge is -2.16. The minimum Gasteiger partial charge on any atom is -0.344 e. The minimum absolute atomic E-state index is 0.0769. The van der Waals surface area contributed by atoms with Gasteiger partial charge in [-0.15, -0.1) is 18.2 Å². The van der Waals surface area contributed by atoms with Gasteiger partial charge in [0.25, 0.3) is 0 Å². The molecule has 1 amide bonds. The van der Waals surface area contributed by atoms with Crippen molar-refractivity contribution in [2.45, 2.75) is 24.3 Å². The van der Waals surface area contributed by atoms with Crippen molar-refractivity contribution in [1.29, 1.82) is 0 Å². The normalized spacial score (nSPS) is 13.4. The Morgan fingerprint density at radius 3 is 2.61 bits per heavy atom. The van der Waals surface area contributed by atoms with Crippen molar-refractivity contribution in [3.63, 3.8) is 0 Å². The van der Waals surface area contributed by atoms with Crippen LogP contribution >= 0.6 is 11.8 Å². The molecule has 0 spiro atoms. The van der Waals surface area contributed by atoms with Crippen LogP contribution in [0.25, 0.3) is 0 Å². The standard InChI is InChI=1S/C14H16FNOS/c1-4-9-16-14(17)11(3)18-10(2)12-5-7-13(15)8-6-12/h1,5-8,10-11H,9H2,2-3H3,(H,16,17)/t10-,11-/m0/s1. The SMILES string of the molecule is C#CCNC(=O)[C@H](C)S[C@@H](C)c1ccc(F)cc1. The summed E-state index contributed by atoms with van der Waals surface area (Å²) in [4.78, 5) is 11.6. The van der Waals surface area contributed by atoms with E-state index >= 15 is 0 Å². The number of carbonyl (C=O) groups excluding carboxylic acids is 1. The number of amides is 1. The van der Waals surface area contributed by atoms with Crippen LogP contribution in [-0.4, -0.2) is 17.7 Å². The van der Waals surface area contributed by atoms with Gasteiger partial charge >= 0.3 is 0 Å². The summed E-state index contributed by atoms with van der Waals surface area (Å²) in [5, 5.41) is 2.57. The van der Waals surface area contributed by atoms with Gasteiger partial charge < -0.3 is 5.32 Å². The molecule has 1 N–H and O–H groups in total. The molecule has 0 heterocycles. The number of hydrogen-bond donors (Lipinski definition) is 1. The molecule has 2 atom stereocenters. The van der Waals surface area contributed by atoms with Crippen molar-refractivity contribution in [1.82, 2.24) is 5.32 Å². The molecule has 2 nitrogen and oxygen atoms in total. The van der Waals surface area contributed by atoms with Crippen LogP contribution in [0, 0.1) is 18.2 Å². The van der Waals surface area contributed by atoms with Gasteiger partial charge in [-0.05, 0) is 31.5 Å². The third-order valence-corrected chi connectivity index (χ3v) is 3.78. The molecule has 0 saturated heterocycles. The summed E-state index contributed by atoms with van der Waals surface area (Å²) in [5.41, 5.74) is 0.998. The maximum Gasteiger partial charge on any atom is 0.233 e. The molecular weight excluding hydrogens is 249 g/mol. The Bertz CT molecular complexity index is 438. The van der Waals surface area contributed by atoms with E-state index in [4.69, 9.17) is 6.42 Å². The lowest BCUT2D eigenvalue weighted by Crippen LogP contribution is -2.31. The van der Waals surface area contributed by atoms with Crippen LogP contribution in [0.15, 0.2) is 24.3 Å². The van der Waals surface area contributed by atoms with Crippen LogP contribution < -0.4 is 5.32 Å². The summed E-state index contributed by atoms with van der Waals surface area (Å²) in [5.74, 6) is 2.03. The minimum atomic E-state index is -0.254. The average molecular weight is 265 g/mol. The van der Waals surface area contributed by atoms with Gasteiger partial charge in [-0.2, -0.15) is 0 Å². The number of hydrogen-bond acceptors (Lipinski definition) is 2. The van der Waals surface area contributed by atoms with E-state index in [-0.39, 0.29) is 28.8 Å². The fourth-order valence-corrected chi connectivity index (χ4v) is 2.60. The molecule has 0 fully saturated rings. The second kappa shape index (κ2) is 7.07. The predicted molar refractivity (Wildman–Crippen MR) is 73.7 cm³/mol. The largest absolute Gasteiger partial charge is 0.344 e. The smallest absolute Gasteiger partial charge is 0.233 e. The highest BCUT2D eigenvalue weighted by atomic mass is 32.2. The maximum absolute atomic E-state index is 12.8. The molecule has 1 aromatic carbocycles. The Hall–Kier alpha value is -1.47. The topological polar surface area (TPSA) is 29.1 Å². The maximum atomic E-state index is 12.8. The quantitative estimate of drug-likeness (QED) is 0.829. The highest BCUT2D eigenvalue weighted by Crippen LogP contribution is 2.31. The Balaban J connectivity index is 2.54. The van der Waals surface area contributed by atoms with Crippen LogP contribution in [0.5, 0.6) is 0 Å². The monoisotopic (exact) mass is 265 g/mol. The lowest BCUT2D eigenvalue weighted by atomic mass is 10.2. The molecule has 0 unspecified atom stereocenters. The lowest BCUT2D eigenvalue weighted by molar-refractivity contribution is -0.120. The number of carbonyl (C=O) groups is 1. The van der Waals surface area contributed by atoms with Gasteiger partial charge in [0.1, 0.15) is 5.82 Å². The van der Waals surface area contributed by atoms with E-state index in [2.05, 4.69) is 11.2 Å². The van der Waals surface area contributed by atoms with E-state index in [0.29, 0.717) is 0 Å². The number of nitrogens with one attached hydrogen (secondary N) is 1. The van der Waals surface area contributed by atoms with Gasteiger partial charge in [0.15, 0.2) is 0 Å². The van der Waals surface area contributed by atoms with E-state index in [1.165, 1.54) is 23.9 Å². The summed E-state index contributed by atoms with van der Waals surface area (Å²) in [6, 6.07) is 6.32. The second-order valence-corrected chi connectivity index (χ2v) is 5.58. The van der Waals surface area contributed by atoms with Gasteiger partial charge in [-0.3, -0.25) is 4.79 Å². The van der Waals surface area contributed by atoms with E-state index in [0.717, 1.165) is 5.56 Å². The van der Waals surface area contributed by atoms with Gasteiger partial charge in [0.2, 0.25) is 5.91 Å². The third kappa shape index (κ3) is 4.42. The van der Waals surface area contributed by atoms with Gasteiger partial charge in [0, 0.05) is 5.25 Å². The first-order valence-electron chi connectivity index (χ1n) is 5.66. The summed E-state index contributed by atoms with van der Waals surface area (Å²) in [6.45, 7) is 4.06. The van der Waals surface area contributed by atoms with E-state index in [1.54, 1.807) is 12.1 Å². The second-order valence-electron chi connectivity index (χ2n) is 3.89. The first-order valence-corrected chi connectivity index (χ1v) is 6.61. The van der Waals surface area contributed by atoms with Crippen molar-refractivity contribution < 1.29 is 9.18 Å². The number of thioether (sulfide) groups is 1. The molecule has 0 bridgehead atoms. The van der Waals surface area contributed by atoms with Crippen LogP contribution in [0.1, 0.15) is 24.7 Å². The molecular formula is C14H16FNOS. The zero-order chi connectivity index (χ0) is 13.5. The van der Waals surface area contributed by atoms with Crippen molar-refractivity contribution in [3.8, 4) is 12.3 Å². The molecule has 4 heteroatoms. The fraction of sp³-hybridized carbons (Fsp3) is 0.357. The van der Waals surface area contributed by atoms with Crippen LogP contribution in [0.4, 0.5) is 4.39 Å². The molecule has 0 aliphatic carbocycles. The Labute approximate surface area is 111 Å². The zero-order valence-electron chi connectivity index (χ0n) is 10.4. The molecule has 1 aromatic rings. The highest BCUT2D eigenvalue weighted by Gasteiger charge is 2.17. The number of benzene rings is 1. The summed E-state index contributed by atoms with van der Waals surface area (Å²) < 4.78 is 12.8. The first-order chi connectivity index (χ1) is 8.54. The first kappa shape index (κ1) is 14.6. The molecule has 0 aliphatic rings. The Morgan fingerprint density at radius 2 is 2.06 bits per heavy atom.